The Hall–Kier alpha value is -2.04. The van der Waals surface area contributed by atoms with Crippen LogP contribution in [0.15, 0.2) is 42.5 Å². The Kier molecular flexibility index (Phi) is 7.13. The molecule has 27 heavy (non-hydrogen) atoms. The van der Waals surface area contributed by atoms with E-state index in [0.29, 0.717) is 13.2 Å². The first-order valence-electron chi connectivity index (χ1n) is 10.2. The summed E-state index contributed by atoms with van der Waals surface area (Å²) in [6.45, 7) is 10.9. The molecular formula is C23H33N3O. The van der Waals surface area contributed by atoms with Crippen molar-refractivity contribution in [3.8, 4) is 0 Å². The number of nitrogens with zero attached hydrogens (tertiary/aromatic N) is 2. The predicted octanol–water partition coefficient (Wildman–Crippen LogP) is 4.22. The molecule has 2 aromatic rings. The molecule has 4 heteroatoms. The second kappa shape index (κ2) is 9.77. The molecule has 2 N–H and O–H groups in total. The molecule has 0 amide bonds. The molecule has 0 aliphatic carbocycles. The highest BCUT2D eigenvalue weighted by molar-refractivity contribution is 5.66. The minimum Gasteiger partial charge on any atom is -0.398 e. The lowest BCUT2D eigenvalue weighted by atomic mass is 10.1. The van der Waals surface area contributed by atoms with Crippen molar-refractivity contribution in [2.45, 2.75) is 39.8 Å². The molecule has 0 unspecified atom stereocenters. The number of likely N-dealkylation sites (tertiary alicyclic amines) is 1. The number of benzene rings is 2. The second-order valence-electron chi connectivity index (χ2n) is 7.42. The third-order valence-corrected chi connectivity index (χ3v) is 5.39. The maximum absolute atomic E-state index is 6.35. The Morgan fingerprint density at radius 2 is 1.81 bits per heavy atom. The number of rotatable bonds is 9. The number of hydrogen-bond acceptors (Lipinski definition) is 4. The van der Waals surface area contributed by atoms with Crippen LogP contribution in [0.1, 0.15) is 36.5 Å². The molecular weight excluding hydrogens is 334 g/mol. The minimum absolute atomic E-state index is 0.610. The summed E-state index contributed by atoms with van der Waals surface area (Å²) < 4.78 is 5.63. The van der Waals surface area contributed by atoms with Crippen LogP contribution in [0.5, 0.6) is 0 Å². The number of nitrogen functional groups attached to an aromatic ring is 1. The van der Waals surface area contributed by atoms with Gasteiger partial charge in [-0.15, -0.1) is 0 Å². The van der Waals surface area contributed by atoms with Crippen molar-refractivity contribution in [1.29, 1.82) is 0 Å². The Morgan fingerprint density at radius 3 is 2.52 bits per heavy atom. The van der Waals surface area contributed by atoms with E-state index in [1.165, 1.54) is 37.2 Å². The van der Waals surface area contributed by atoms with Crippen LogP contribution in [-0.4, -0.2) is 37.7 Å². The average molecular weight is 368 g/mol. The zero-order valence-corrected chi connectivity index (χ0v) is 16.8. The van der Waals surface area contributed by atoms with Crippen molar-refractivity contribution in [2.24, 2.45) is 0 Å². The van der Waals surface area contributed by atoms with Crippen molar-refractivity contribution in [1.82, 2.24) is 4.90 Å². The molecule has 0 radical (unpaired) electrons. The largest absolute Gasteiger partial charge is 0.398 e. The summed E-state index contributed by atoms with van der Waals surface area (Å²) in [6.07, 6.45) is 2.66. The molecule has 4 nitrogen and oxygen atoms in total. The summed E-state index contributed by atoms with van der Waals surface area (Å²) in [7, 11) is 0. The fraction of sp³-hybridized carbons (Fsp3) is 0.478. The first-order valence-corrected chi connectivity index (χ1v) is 10.2. The normalized spacial score (nSPS) is 14.6. The highest BCUT2D eigenvalue weighted by Gasteiger charge is 2.17. The zero-order valence-electron chi connectivity index (χ0n) is 16.8. The molecule has 0 bridgehead atoms. The van der Waals surface area contributed by atoms with Crippen LogP contribution >= 0.6 is 0 Å². The van der Waals surface area contributed by atoms with Gasteiger partial charge in [0.05, 0.1) is 6.61 Å². The molecule has 1 aliphatic rings. The Bertz CT molecular complexity index is 711. The van der Waals surface area contributed by atoms with Crippen LogP contribution in [0.3, 0.4) is 0 Å². The first kappa shape index (κ1) is 19.7. The standard InChI is InChI=1S/C23H33N3O/c1-3-27-18-21-15-22(24)19(2)23(16-21)26(14-13-25-11-7-8-12-25)17-20-9-5-4-6-10-20/h4-6,9-10,15-16H,3,7-8,11-14,17-18,24H2,1-2H3. The molecule has 1 aliphatic heterocycles. The third kappa shape index (κ3) is 5.47. The van der Waals surface area contributed by atoms with Crippen LogP contribution in [0.2, 0.25) is 0 Å². The van der Waals surface area contributed by atoms with Gasteiger partial charge in [-0.05, 0) is 68.6 Å². The van der Waals surface area contributed by atoms with Gasteiger partial charge in [0.25, 0.3) is 0 Å². The van der Waals surface area contributed by atoms with Gasteiger partial charge in [0, 0.05) is 37.6 Å². The number of ether oxygens (including phenoxy) is 1. The molecule has 1 fully saturated rings. The molecule has 0 spiro atoms. The number of anilines is 2. The van der Waals surface area contributed by atoms with Crippen molar-refractivity contribution < 1.29 is 4.74 Å². The predicted molar refractivity (Wildman–Crippen MR) is 114 cm³/mol. The van der Waals surface area contributed by atoms with E-state index in [9.17, 15) is 0 Å². The van der Waals surface area contributed by atoms with Gasteiger partial charge in [0.2, 0.25) is 0 Å². The molecule has 2 aromatic carbocycles. The number of hydrogen-bond donors (Lipinski definition) is 1. The van der Waals surface area contributed by atoms with Crippen LogP contribution in [0.25, 0.3) is 0 Å². The molecule has 1 heterocycles. The molecule has 146 valence electrons. The second-order valence-corrected chi connectivity index (χ2v) is 7.42. The minimum atomic E-state index is 0.610. The summed E-state index contributed by atoms with van der Waals surface area (Å²) in [5.74, 6) is 0. The highest BCUT2D eigenvalue weighted by Crippen LogP contribution is 2.29. The van der Waals surface area contributed by atoms with Gasteiger partial charge in [-0.3, -0.25) is 0 Å². The summed E-state index contributed by atoms with van der Waals surface area (Å²) in [5.41, 5.74) is 12.1. The lowest BCUT2D eigenvalue weighted by molar-refractivity contribution is 0.134. The van der Waals surface area contributed by atoms with Gasteiger partial charge in [-0.25, -0.2) is 0 Å². The zero-order chi connectivity index (χ0) is 19.1. The molecule has 3 rings (SSSR count). The average Bonchev–Trinajstić information content (AvgIpc) is 3.20. The van der Waals surface area contributed by atoms with E-state index in [-0.39, 0.29) is 0 Å². The van der Waals surface area contributed by atoms with Crippen molar-refractivity contribution in [3.63, 3.8) is 0 Å². The fourth-order valence-corrected chi connectivity index (χ4v) is 3.77. The van der Waals surface area contributed by atoms with Gasteiger partial charge in [0.1, 0.15) is 0 Å². The summed E-state index contributed by atoms with van der Waals surface area (Å²) in [5, 5.41) is 0. The fourth-order valence-electron chi connectivity index (χ4n) is 3.77. The quantitative estimate of drug-likeness (QED) is 0.674. The van der Waals surface area contributed by atoms with Crippen molar-refractivity contribution in [2.75, 3.05) is 43.4 Å². The molecule has 0 saturated carbocycles. The van der Waals surface area contributed by atoms with Crippen LogP contribution in [0, 0.1) is 6.92 Å². The maximum atomic E-state index is 6.35. The van der Waals surface area contributed by atoms with E-state index in [1.54, 1.807) is 0 Å². The smallest absolute Gasteiger partial charge is 0.0718 e. The summed E-state index contributed by atoms with van der Waals surface area (Å²) >= 11 is 0. The van der Waals surface area contributed by atoms with E-state index in [2.05, 4.69) is 59.2 Å². The van der Waals surface area contributed by atoms with E-state index in [0.717, 1.165) is 36.4 Å². The van der Waals surface area contributed by atoms with Gasteiger partial charge >= 0.3 is 0 Å². The van der Waals surface area contributed by atoms with Gasteiger partial charge in [0.15, 0.2) is 0 Å². The first-order chi connectivity index (χ1) is 13.2. The van der Waals surface area contributed by atoms with E-state index in [1.807, 2.05) is 6.92 Å². The van der Waals surface area contributed by atoms with Gasteiger partial charge in [-0.2, -0.15) is 0 Å². The Morgan fingerprint density at radius 1 is 1.07 bits per heavy atom. The van der Waals surface area contributed by atoms with Gasteiger partial charge < -0.3 is 20.3 Å². The van der Waals surface area contributed by atoms with E-state index >= 15 is 0 Å². The lowest BCUT2D eigenvalue weighted by Gasteiger charge is -2.30. The van der Waals surface area contributed by atoms with Gasteiger partial charge in [-0.1, -0.05) is 30.3 Å². The molecule has 0 atom stereocenters. The Balaban J connectivity index is 1.84. The Labute approximate surface area is 163 Å². The van der Waals surface area contributed by atoms with Crippen molar-refractivity contribution >= 4 is 11.4 Å². The summed E-state index contributed by atoms with van der Waals surface area (Å²) in [4.78, 5) is 5.05. The third-order valence-electron chi connectivity index (χ3n) is 5.39. The monoisotopic (exact) mass is 367 g/mol. The van der Waals surface area contributed by atoms with Crippen LogP contribution in [0.4, 0.5) is 11.4 Å². The summed E-state index contributed by atoms with van der Waals surface area (Å²) in [6, 6.07) is 15.0. The van der Waals surface area contributed by atoms with Crippen LogP contribution < -0.4 is 10.6 Å². The lowest BCUT2D eigenvalue weighted by Crippen LogP contribution is -2.34. The van der Waals surface area contributed by atoms with E-state index < -0.39 is 0 Å². The maximum Gasteiger partial charge on any atom is 0.0718 e. The molecule has 1 saturated heterocycles. The highest BCUT2D eigenvalue weighted by atomic mass is 16.5. The van der Waals surface area contributed by atoms with E-state index in [4.69, 9.17) is 10.5 Å². The topological polar surface area (TPSA) is 41.7 Å². The number of nitrogens with two attached hydrogens (primary N) is 1. The SMILES string of the molecule is CCOCc1cc(N)c(C)c(N(CCN2CCCC2)Cc2ccccc2)c1. The van der Waals surface area contributed by atoms with Crippen LogP contribution in [-0.2, 0) is 17.9 Å². The van der Waals surface area contributed by atoms with Crippen molar-refractivity contribution in [3.05, 3.63) is 59.2 Å². The molecule has 0 aromatic heterocycles.